The Labute approximate surface area is 210 Å². The summed E-state index contributed by atoms with van der Waals surface area (Å²) >= 11 is 0. The molecule has 3 heterocycles. The van der Waals surface area contributed by atoms with Crippen molar-refractivity contribution in [2.45, 2.75) is 26.3 Å². The van der Waals surface area contributed by atoms with Crippen molar-refractivity contribution >= 4 is 22.4 Å². The number of benzene rings is 2. The van der Waals surface area contributed by atoms with E-state index in [-0.39, 0.29) is 0 Å². The number of aromatic amines is 1. The maximum Gasteiger partial charge on any atom is 0.162 e. The molecule has 2 aromatic carbocycles. The number of morpholine rings is 1. The highest BCUT2D eigenvalue weighted by molar-refractivity contribution is 5.93. The molecule has 1 aliphatic heterocycles. The van der Waals surface area contributed by atoms with Gasteiger partial charge in [0.2, 0.25) is 0 Å². The summed E-state index contributed by atoms with van der Waals surface area (Å²) in [5.41, 5.74) is 2.52. The average Bonchev–Trinajstić information content (AvgIpc) is 3.41. The zero-order valence-corrected chi connectivity index (χ0v) is 20.7. The number of hydrogen-bond donors (Lipinski definition) is 2. The molecule has 0 radical (unpaired) electrons. The number of nitrogens with one attached hydrogen (secondary N) is 2. The molecule has 0 bridgehead atoms. The van der Waals surface area contributed by atoms with Gasteiger partial charge in [0.1, 0.15) is 17.3 Å². The predicted molar refractivity (Wildman–Crippen MR) is 140 cm³/mol. The maximum atomic E-state index is 6.08. The lowest BCUT2D eigenvalue weighted by atomic mass is 10.1. The number of hydrogen-bond acceptors (Lipinski definition) is 8. The molecule has 0 aliphatic carbocycles. The van der Waals surface area contributed by atoms with Crippen molar-refractivity contribution in [1.82, 2.24) is 25.1 Å². The van der Waals surface area contributed by atoms with E-state index in [4.69, 9.17) is 24.2 Å². The summed E-state index contributed by atoms with van der Waals surface area (Å²) in [6.45, 7) is 9.02. The normalized spacial score (nSPS) is 16.2. The molecular weight excluding hydrogens is 456 g/mol. The van der Waals surface area contributed by atoms with Crippen molar-refractivity contribution in [3.63, 3.8) is 0 Å². The molecule has 9 nitrogen and oxygen atoms in total. The van der Waals surface area contributed by atoms with Crippen LogP contribution in [0.2, 0.25) is 0 Å². The van der Waals surface area contributed by atoms with E-state index in [9.17, 15) is 0 Å². The zero-order chi connectivity index (χ0) is 24.7. The second-order valence-corrected chi connectivity index (χ2v) is 8.81. The Hall–Kier alpha value is -3.69. The molecule has 4 aromatic rings. The molecule has 0 amide bonds. The van der Waals surface area contributed by atoms with Crippen LogP contribution < -0.4 is 14.8 Å². The van der Waals surface area contributed by atoms with Crippen molar-refractivity contribution in [1.29, 1.82) is 0 Å². The van der Waals surface area contributed by atoms with Crippen molar-refractivity contribution in [2.24, 2.45) is 0 Å². The van der Waals surface area contributed by atoms with Crippen molar-refractivity contribution in [3.05, 3.63) is 54.9 Å². The van der Waals surface area contributed by atoms with Crippen molar-refractivity contribution in [3.8, 4) is 22.9 Å². The van der Waals surface area contributed by atoms with Crippen LogP contribution in [0.25, 0.3) is 22.3 Å². The summed E-state index contributed by atoms with van der Waals surface area (Å²) in [5, 5.41) is 11.1. The van der Waals surface area contributed by atoms with E-state index in [1.165, 1.54) is 0 Å². The number of H-pyrrole nitrogens is 1. The predicted octanol–water partition coefficient (Wildman–Crippen LogP) is 4.65. The van der Waals surface area contributed by atoms with Crippen molar-refractivity contribution in [2.75, 3.05) is 44.8 Å². The Morgan fingerprint density at radius 2 is 2.06 bits per heavy atom. The maximum absolute atomic E-state index is 6.08. The van der Waals surface area contributed by atoms with Crippen molar-refractivity contribution < 1.29 is 14.2 Å². The Kier molecular flexibility index (Phi) is 7.58. The first-order valence-corrected chi connectivity index (χ1v) is 12.4. The van der Waals surface area contributed by atoms with E-state index >= 15 is 0 Å². The SMILES string of the molecule is CCOc1ccc2nc(-c3cccc(OCCCN4CCOCC4C)c3)nc(Nc3cn[nH]c3)c2c1. The lowest BCUT2D eigenvalue weighted by Gasteiger charge is -2.33. The molecule has 0 spiro atoms. The molecular formula is C27H32N6O3. The van der Waals surface area contributed by atoms with Gasteiger partial charge in [0.15, 0.2) is 5.82 Å². The van der Waals surface area contributed by atoms with Gasteiger partial charge in [0, 0.05) is 36.3 Å². The largest absolute Gasteiger partial charge is 0.494 e. The molecule has 1 unspecified atom stereocenters. The molecule has 9 heteroatoms. The molecule has 188 valence electrons. The Morgan fingerprint density at radius 3 is 2.89 bits per heavy atom. The third kappa shape index (κ3) is 5.75. The van der Waals surface area contributed by atoms with Gasteiger partial charge in [0.25, 0.3) is 0 Å². The fourth-order valence-electron chi connectivity index (χ4n) is 4.32. The van der Waals surface area contributed by atoms with Gasteiger partial charge in [-0.15, -0.1) is 0 Å². The van der Waals surface area contributed by atoms with Crippen LogP contribution in [0.3, 0.4) is 0 Å². The van der Waals surface area contributed by atoms with Crippen LogP contribution in [-0.2, 0) is 4.74 Å². The van der Waals surface area contributed by atoms with Gasteiger partial charge in [-0.1, -0.05) is 12.1 Å². The van der Waals surface area contributed by atoms with Crippen LogP contribution in [0, 0.1) is 0 Å². The Morgan fingerprint density at radius 1 is 1.14 bits per heavy atom. The number of anilines is 2. The lowest BCUT2D eigenvalue weighted by Crippen LogP contribution is -2.44. The fraction of sp³-hybridized carbons (Fsp3) is 0.370. The van der Waals surface area contributed by atoms with Crippen LogP contribution in [0.4, 0.5) is 11.5 Å². The summed E-state index contributed by atoms with van der Waals surface area (Å²) in [6.07, 6.45) is 4.46. The molecule has 1 atom stereocenters. The van der Waals surface area contributed by atoms with Crippen LogP contribution in [0.15, 0.2) is 54.9 Å². The summed E-state index contributed by atoms with van der Waals surface area (Å²) in [6, 6.07) is 14.2. The fourth-order valence-corrected chi connectivity index (χ4v) is 4.32. The number of rotatable bonds is 10. The highest BCUT2D eigenvalue weighted by Crippen LogP contribution is 2.31. The van der Waals surface area contributed by atoms with Gasteiger partial charge in [0.05, 0.1) is 43.8 Å². The van der Waals surface area contributed by atoms with Gasteiger partial charge < -0.3 is 19.5 Å². The second-order valence-electron chi connectivity index (χ2n) is 8.81. The Bertz CT molecular complexity index is 1280. The number of ether oxygens (including phenoxy) is 3. The molecule has 5 rings (SSSR count). The number of fused-ring (bicyclic) bond motifs is 1. The minimum absolute atomic E-state index is 0.460. The highest BCUT2D eigenvalue weighted by Gasteiger charge is 2.18. The number of aromatic nitrogens is 4. The quantitative estimate of drug-likeness (QED) is 0.311. The van der Waals surface area contributed by atoms with Gasteiger partial charge in [-0.05, 0) is 50.6 Å². The summed E-state index contributed by atoms with van der Waals surface area (Å²) < 4.78 is 17.3. The molecule has 1 fully saturated rings. The van der Waals surface area contributed by atoms with E-state index in [2.05, 4.69) is 27.3 Å². The molecule has 1 saturated heterocycles. The minimum atomic E-state index is 0.460. The van der Waals surface area contributed by atoms with E-state index in [1.54, 1.807) is 12.4 Å². The van der Waals surface area contributed by atoms with Gasteiger partial charge in [-0.3, -0.25) is 10.00 Å². The van der Waals surface area contributed by atoms with Gasteiger partial charge in [-0.25, -0.2) is 9.97 Å². The third-order valence-corrected chi connectivity index (χ3v) is 6.20. The zero-order valence-electron chi connectivity index (χ0n) is 20.7. The minimum Gasteiger partial charge on any atom is -0.494 e. The first kappa shape index (κ1) is 24.0. The second kappa shape index (κ2) is 11.4. The first-order chi connectivity index (χ1) is 17.7. The summed E-state index contributed by atoms with van der Waals surface area (Å²) in [7, 11) is 0. The molecule has 36 heavy (non-hydrogen) atoms. The van der Waals surface area contributed by atoms with E-state index in [0.29, 0.717) is 30.9 Å². The lowest BCUT2D eigenvalue weighted by molar-refractivity contribution is -0.00200. The third-order valence-electron chi connectivity index (χ3n) is 6.20. The van der Waals surface area contributed by atoms with Crippen LogP contribution >= 0.6 is 0 Å². The topological polar surface area (TPSA) is 97.4 Å². The molecule has 2 aromatic heterocycles. The van der Waals surface area contributed by atoms with Gasteiger partial charge >= 0.3 is 0 Å². The average molecular weight is 489 g/mol. The molecule has 2 N–H and O–H groups in total. The monoisotopic (exact) mass is 488 g/mol. The summed E-state index contributed by atoms with van der Waals surface area (Å²) in [5.74, 6) is 2.88. The van der Waals surface area contributed by atoms with Gasteiger partial charge in [-0.2, -0.15) is 5.10 Å². The highest BCUT2D eigenvalue weighted by atomic mass is 16.5. The Balaban J connectivity index is 1.34. The summed E-state index contributed by atoms with van der Waals surface area (Å²) in [4.78, 5) is 12.2. The first-order valence-electron chi connectivity index (χ1n) is 12.4. The standard InChI is InChI=1S/C27H32N6O3/c1-3-35-23-8-9-25-24(15-23)27(30-21-16-28-29-17-21)32-26(31-25)20-6-4-7-22(14-20)36-12-5-10-33-11-13-34-18-19(33)2/h4,6-9,14-17,19H,3,5,10-13,18H2,1-2H3,(H,28,29)(H,30,31,32). The van der Waals surface area contributed by atoms with E-state index in [1.807, 2.05) is 49.4 Å². The molecule has 0 saturated carbocycles. The number of nitrogens with zero attached hydrogens (tertiary/aromatic N) is 4. The van der Waals surface area contributed by atoms with Crippen LogP contribution in [0.5, 0.6) is 11.5 Å². The van der Waals surface area contributed by atoms with E-state index < -0.39 is 0 Å². The van der Waals surface area contributed by atoms with Crippen LogP contribution in [0.1, 0.15) is 20.3 Å². The van der Waals surface area contributed by atoms with E-state index in [0.717, 1.165) is 66.4 Å². The smallest absolute Gasteiger partial charge is 0.162 e. The van der Waals surface area contributed by atoms with Crippen LogP contribution in [-0.4, -0.2) is 70.6 Å². The molecule has 1 aliphatic rings.